The summed E-state index contributed by atoms with van der Waals surface area (Å²) in [6.45, 7) is 4.25. The molecule has 0 spiro atoms. The van der Waals surface area contributed by atoms with Crippen molar-refractivity contribution in [2.75, 3.05) is 19.5 Å². The second kappa shape index (κ2) is 8.85. The van der Waals surface area contributed by atoms with Gasteiger partial charge in [-0.2, -0.15) is 0 Å². The normalized spacial score (nSPS) is 11.2. The third-order valence-corrected chi connectivity index (χ3v) is 3.94. The van der Waals surface area contributed by atoms with E-state index in [0.717, 1.165) is 5.69 Å². The van der Waals surface area contributed by atoms with Gasteiger partial charge in [-0.3, -0.25) is 0 Å². The van der Waals surface area contributed by atoms with Gasteiger partial charge in [0, 0.05) is 17.3 Å². The van der Waals surface area contributed by atoms with Crippen LogP contribution in [-0.4, -0.2) is 26.2 Å². The lowest BCUT2D eigenvalue weighted by Gasteiger charge is -2.15. The highest BCUT2D eigenvalue weighted by molar-refractivity contribution is 6.01. The Kier molecular flexibility index (Phi) is 6.55. The molecule has 0 saturated carbocycles. The largest absolute Gasteiger partial charge is 0.466 e. The Balaban J connectivity index is 2.44. The van der Waals surface area contributed by atoms with Crippen molar-refractivity contribution in [3.63, 3.8) is 0 Å². The molecule has 0 saturated heterocycles. The lowest BCUT2D eigenvalue weighted by atomic mass is 10.0. The van der Waals surface area contributed by atoms with Gasteiger partial charge in [-0.1, -0.05) is 44.2 Å². The quantitative estimate of drug-likeness (QED) is 0.622. The number of rotatable bonds is 6. The number of carbonyl (C=O) groups is 2. The average Bonchev–Trinajstić information content (AvgIpc) is 2.67. The van der Waals surface area contributed by atoms with Crippen LogP contribution in [0.15, 0.2) is 54.6 Å². The molecule has 0 heterocycles. The molecule has 0 unspecified atom stereocenters. The van der Waals surface area contributed by atoms with Crippen LogP contribution >= 0.6 is 0 Å². The third kappa shape index (κ3) is 4.72. The maximum Gasteiger partial charge on any atom is 0.338 e. The summed E-state index contributed by atoms with van der Waals surface area (Å²) in [6, 6.07) is 14.8. The van der Waals surface area contributed by atoms with Crippen molar-refractivity contribution in [3.8, 4) is 0 Å². The fourth-order valence-corrected chi connectivity index (χ4v) is 2.47. The summed E-state index contributed by atoms with van der Waals surface area (Å²) in [4.78, 5) is 23.9. The lowest BCUT2D eigenvalue weighted by Crippen LogP contribution is -2.10. The molecule has 2 rings (SSSR count). The number of hydrogen-bond donors (Lipinski definition) is 1. The molecule has 5 nitrogen and oxygen atoms in total. The fraction of sp³-hybridized carbons (Fsp3) is 0.238. The Morgan fingerprint density at radius 2 is 1.54 bits per heavy atom. The van der Waals surface area contributed by atoms with Crippen molar-refractivity contribution in [1.29, 1.82) is 0 Å². The number of ether oxygens (including phenoxy) is 2. The summed E-state index contributed by atoms with van der Waals surface area (Å²) in [6.07, 6.45) is 1.32. The van der Waals surface area contributed by atoms with Crippen LogP contribution in [0, 0.1) is 0 Å². The zero-order valence-electron chi connectivity index (χ0n) is 15.4. The van der Waals surface area contributed by atoms with Gasteiger partial charge in [0.1, 0.15) is 0 Å². The molecule has 0 radical (unpaired) electrons. The molecule has 2 aromatic carbocycles. The highest BCUT2D eigenvalue weighted by Crippen LogP contribution is 2.24. The van der Waals surface area contributed by atoms with Gasteiger partial charge in [0.05, 0.1) is 25.5 Å². The average molecular weight is 353 g/mol. The van der Waals surface area contributed by atoms with E-state index in [1.54, 1.807) is 24.3 Å². The Labute approximate surface area is 153 Å². The van der Waals surface area contributed by atoms with Gasteiger partial charge in [-0.25, -0.2) is 9.59 Å². The molecule has 0 bridgehead atoms. The van der Waals surface area contributed by atoms with Crippen LogP contribution in [0.4, 0.5) is 5.69 Å². The van der Waals surface area contributed by atoms with Crippen LogP contribution < -0.4 is 5.32 Å². The van der Waals surface area contributed by atoms with Gasteiger partial charge in [-0.15, -0.1) is 0 Å². The first-order chi connectivity index (χ1) is 12.5. The van der Waals surface area contributed by atoms with Gasteiger partial charge in [0.2, 0.25) is 0 Å². The minimum absolute atomic E-state index is 0.358. The molecule has 5 heteroatoms. The summed E-state index contributed by atoms with van der Waals surface area (Å²) < 4.78 is 9.59. The minimum Gasteiger partial charge on any atom is -0.466 e. The van der Waals surface area contributed by atoms with Crippen LogP contribution in [0.5, 0.6) is 0 Å². The van der Waals surface area contributed by atoms with E-state index in [9.17, 15) is 9.59 Å². The highest BCUT2D eigenvalue weighted by atomic mass is 16.5. The number of esters is 2. The molecule has 0 atom stereocenters. The van der Waals surface area contributed by atoms with Crippen molar-refractivity contribution < 1.29 is 19.1 Å². The van der Waals surface area contributed by atoms with Gasteiger partial charge in [0.25, 0.3) is 0 Å². The molecule has 0 amide bonds. The third-order valence-electron chi connectivity index (χ3n) is 3.94. The van der Waals surface area contributed by atoms with E-state index in [1.807, 2.05) is 24.3 Å². The maximum atomic E-state index is 12.1. The van der Waals surface area contributed by atoms with Crippen LogP contribution in [0.2, 0.25) is 0 Å². The Morgan fingerprint density at radius 3 is 2.08 bits per heavy atom. The molecule has 2 aromatic rings. The monoisotopic (exact) mass is 353 g/mol. The van der Waals surface area contributed by atoms with Gasteiger partial charge in [-0.05, 0) is 29.7 Å². The van der Waals surface area contributed by atoms with Crippen LogP contribution in [0.25, 0.3) is 5.70 Å². The summed E-state index contributed by atoms with van der Waals surface area (Å²) >= 11 is 0. The number of carbonyl (C=O) groups excluding carboxylic acids is 2. The zero-order chi connectivity index (χ0) is 19.1. The number of nitrogens with one attached hydrogen (secondary N) is 1. The molecule has 1 N–H and O–H groups in total. The topological polar surface area (TPSA) is 64.6 Å². The molecule has 26 heavy (non-hydrogen) atoms. The molecular formula is C21H23NO4. The number of methoxy groups -OCH3 is 2. The molecule has 136 valence electrons. The summed E-state index contributed by atoms with van der Waals surface area (Å²) in [5, 5.41) is 3.20. The number of hydrogen-bond acceptors (Lipinski definition) is 5. The zero-order valence-corrected chi connectivity index (χ0v) is 15.4. The fourth-order valence-electron chi connectivity index (χ4n) is 2.47. The van der Waals surface area contributed by atoms with E-state index >= 15 is 0 Å². The SMILES string of the molecule is COC(=O)C=C(Nc1ccc(C(C)C)cc1)c1ccccc1C(=O)OC. The van der Waals surface area contributed by atoms with E-state index in [-0.39, 0.29) is 0 Å². The summed E-state index contributed by atoms with van der Waals surface area (Å²) in [7, 11) is 2.63. The first-order valence-corrected chi connectivity index (χ1v) is 8.30. The van der Waals surface area contributed by atoms with Crippen LogP contribution in [0.1, 0.15) is 41.3 Å². The highest BCUT2D eigenvalue weighted by Gasteiger charge is 2.16. The molecule has 0 aliphatic rings. The van der Waals surface area contributed by atoms with Crippen LogP contribution in [-0.2, 0) is 14.3 Å². The number of anilines is 1. The smallest absolute Gasteiger partial charge is 0.338 e. The first kappa shape index (κ1) is 19.2. The summed E-state index contributed by atoms with van der Waals surface area (Å²) in [5.41, 5.74) is 3.37. The summed E-state index contributed by atoms with van der Waals surface area (Å²) in [5.74, 6) is -0.575. The second-order valence-electron chi connectivity index (χ2n) is 6.02. The maximum absolute atomic E-state index is 12.1. The standard InChI is InChI=1S/C21H23NO4/c1-14(2)15-9-11-16(12-10-15)22-19(13-20(23)25-3)17-7-5-6-8-18(17)21(24)26-4/h5-14,22H,1-4H3. The second-order valence-corrected chi connectivity index (χ2v) is 6.02. The molecular weight excluding hydrogens is 330 g/mol. The molecule has 0 fully saturated rings. The molecule has 0 aliphatic carbocycles. The lowest BCUT2D eigenvalue weighted by molar-refractivity contribution is -0.134. The van der Waals surface area contributed by atoms with Crippen molar-refractivity contribution in [2.45, 2.75) is 19.8 Å². The van der Waals surface area contributed by atoms with E-state index in [0.29, 0.717) is 22.7 Å². The van der Waals surface area contributed by atoms with Crippen molar-refractivity contribution in [2.24, 2.45) is 0 Å². The van der Waals surface area contributed by atoms with E-state index < -0.39 is 11.9 Å². The molecule has 0 aliphatic heterocycles. The number of benzene rings is 2. The van der Waals surface area contributed by atoms with Gasteiger partial charge < -0.3 is 14.8 Å². The van der Waals surface area contributed by atoms with Gasteiger partial charge in [0.15, 0.2) is 0 Å². The van der Waals surface area contributed by atoms with E-state index in [2.05, 4.69) is 19.2 Å². The first-order valence-electron chi connectivity index (χ1n) is 8.30. The van der Waals surface area contributed by atoms with Crippen molar-refractivity contribution in [3.05, 3.63) is 71.3 Å². The van der Waals surface area contributed by atoms with Gasteiger partial charge >= 0.3 is 11.9 Å². The van der Waals surface area contributed by atoms with Crippen LogP contribution in [0.3, 0.4) is 0 Å². The predicted octanol–water partition coefficient (Wildman–Crippen LogP) is 4.22. The molecule has 0 aromatic heterocycles. The van der Waals surface area contributed by atoms with E-state index in [4.69, 9.17) is 9.47 Å². The van der Waals surface area contributed by atoms with E-state index in [1.165, 1.54) is 25.9 Å². The Morgan fingerprint density at radius 1 is 0.923 bits per heavy atom. The van der Waals surface area contributed by atoms with Crippen molar-refractivity contribution >= 4 is 23.3 Å². The Hall–Kier alpha value is -3.08. The Bertz CT molecular complexity index is 807. The minimum atomic E-state index is -0.522. The predicted molar refractivity (Wildman–Crippen MR) is 102 cm³/mol. The van der Waals surface area contributed by atoms with Crippen molar-refractivity contribution in [1.82, 2.24) is 0 Å².